The van der Waals surface area contributed by atoms with Crippen LogP contribution >= 0.6 is 28.3 Å². The van der Waals surface area contributed by atoms with Gasteiger partial charge in [0.2, 0.25) is 5.56 Å². The molecule has 2 N–H and O–H groups in total. The lowest BCUT2D eigenvalue weighted by molar-refractivity contribution is 0.0705. The summed E-state index contributed by atoms with van der Waals surface area (Å²) in [5.74, 6) is -0.0962. The van der Waals surface area contributed by atoms with Crippen molar-refractivity contribution in [2.24, 2.45) is 0 Å². The average molecular weight is 401 g/mol. The minimum atomic E-state index is -0.253. The number of rotatable bonds is 2. The van der Waals surface area contributed by atoms with Crippen LogP contribution in [-0.2, 0) is 0 Å². The molecule has 0 saturated carbocycles. The Balaban J connectivity index is 0.00000192. The number of carbonyl (C=O) groups is 1. The fraction of sp³-hybridized carbons (Fsp3) is 0.375. The van der Waals surface area contributed by atoms with E-state index in [-0.39, 0.29) is 29.9 Å². The van der Waals surface area contributed by atoms with Crippen molar-refractivity contribution in [1.82, 2.24) is 15.2 Å². The lowest BCUT2D eigenvalue weighted by Gasteiger charge is -2.31. The minimum absolute atomic E-state index is 0. The summed E-state index contributed by atoms with van der Waals surface area (Å²) >= 11 is 3.42. The number of nitrogens with zero attached hydrogens (tertiary/aromatic N) is 1. The van der Waals surface area contributed by atoms with Crippen molar-refractivity contribution >= 4 is 45.1 Å². The van der Waals surface area contributed by atoms with Gasteiger partial charge in [-0.1, -0.05) is 15.9 Å². The standard InChI is InChI=1S/C16H18BrN3O2.ClH/c1-20(11-4-6-18-7-5-11)16(22)13-9-15(21)19-14-3-2-10(17)8-12(13)14;/h2-3,8-9,11,18H,4-7H2,1H3,(H,19,21);1H. The number of benzene rings is 1. The number of fused-ring (bicyclic) bond motifs is 1. The van der Waals surface area contributed by atoms with E-state index in [1.54, 1.807) is 4.90 Å². The molecule has 1 aliphatic heterocycles. The molecular weight excluding hydrogens is 382 g/mol. The molecule has 1 fully saturated rings. The molecule has 3 rings (SSSR count). The number of nitrogens with one attached hydrogen (secondary N) is 2. The van der Waals surface area contributed by atoms with Gasteiger partial charge in [-0.3, -0.25) is 9.59 Å². The van der Waals surface area contributed by atoms with Crippen LogP contribution in [0, 0.1) is 0 Å². The number of aromatic amines is 1. The highest BCUT2D eigenvalue weighted by molar-refractivity contribution is 9.10. The van der Waals surface area contributed by atoms with Crippen LogP contribution < -0.4 is 10.9 Å². The maximum absolute atomic E-state index is 12.9. The summed E-state index contributed by atoms with van der Waals surface area (Å²) in [6.45, 7) is 1.84. The number of piperidine rings is 1. The average Bonchev–Trinajstić information content (AvgIpc) is 2.54. The topological polar surface area (TPSA) is 65.2 Å². The zero-order valence-corrected chi connectivity index (χ0v) is 15.2. The molecule has 1 aromatic carbocycles. The van der Waals surface area contributed by atoms with E-state index in [1.165, 1.54) is 6.07 Å². The van der Waals surface area contributed by atoms with Gasteiger partial charge in [-0.25, -0.2) is 0 Å². The molecule has 0 spiro atoms. The van der Waals surface area contributed by atoms with Gasteiger partial charge in [0.1, 0.15) is 0 Å². The smallest absolute Gasteiger partial charge is 0.254 e. The predicted octanol–water partition coefficient (Wildman–Crippen LogP) is 2.54. The number of H-pyrrole nitrogens is 1. The summed E-state index contributed by atoms with van der Waals surface area (Å²) in [6.07, 6.45) is 1.88. The molecule has 0 atom stereocenters. The number of amides is 1. The molecule has 1 amide bonds. The third-order valence-electron chi connectivity index (χ3n) is 4.21. The van der Waals surface area contributed by atoms with Gasteiger partial charge in [0.25, 0.3) is 5.91 Å². The van der Waals surface area contributed by atoms with Crippen molar-refractivity contribution in [3.8, 4) is 0 Å². The van der Waals surface area contributed by atoms with E-state index in [0.717, 1.165) is 35.8 Å². The van der Waals surface area contributed by atoms with E-state index in [0.29, 0.717) is 11.1 Å². The Labute approximate surface area is 149 Å². The van der Waals surface area contributed by atoms with E-state index in [9.17, 15) is 9.59 Å². The fourth-order valence-corrected chi connectivity index (χ4v) is 3.31. The third-order valence-corrected chi connectivity index (χ3v) is 4.71. The van der Waals surface area contributed by atoms with Crippen molar-refractivity contribution in [2.75, 3.05) is 20.1 Å². The van der Waals surface area contributed by atoms with Gasteiger partial charge >= 0.3 is 0 Å². The molecule has 23 heavy (non-hydrogen) atoms. The van der Waals surface area contributed by atoms with Crippen LogP contribution in [0.3, 0.4) is 0 Å². The normalized spacial score (nSPS) is 15.2. The van der Waals surface area contributed by atoms with Crippen molar-refractivity contribution in [3.05, 3.63) is 44.7 Å². The summed E-state index contributed by atoms with van der Waals surface area (Å²) in [4.78, 5) is 29.3. The molecule has 2 heterocycles. The van der Waals surface area contributed by atoms with Crippen LogP contribution in [0.4, 0.5) is 0 Å². The Morgan fingerprint density at radius 3 is 2.65 bits per heavy atom. The van der Waals surface area contributed by atoms with Gasteiger partial charge in [-0.05, 0) is 44.1 Å². The van der Waals surface area contributed by atoms with Crippen LogP contribution in [-0.4, -0.2) is 42.0 Å². The number of hydrogen-bond donors (Lipinski definition) is 2. The summed E-state index contributed by atoms with van der Waals surface area (Å²) < 4.78 is 0.880. The Kier molecular flexibility index (Phi) is 5.84. The van der Waals surface area contributed by atoms with E-state index >= 15 is 0 Å². The maximum Gasteiger partial charge on any atom is 0.254 e. The molecule has 7 heteroatoms. The van der Waals surface area contributed by atoms with E-state index in [2.05, 4.69) is 26.2 Å². The Hall–Kier alpha value is -1.37. The molecular formula is C16H19BrClN3O2. The highest BCUT2D eigenvalue weighted by Gasteiger charge is 2.24. The first-order chi connectivity index (χ1) is 10.6. The van der Waals surface area contributed by atoms with Crippen LogP contribution in [0.1, 0.15) is 23.2 Å². The Bertz CT molecular complexity index is 771. The lowest BCUT2D eigenvalue weighted by Crippen LogP contribution is -2.44. The highest BCUT2D eigenvalue weighted by Crippen LogP contribution is 2.22. The molecule has 0 bridgehead atoms. The van der Waals surface area contributed by atoms with Crippen molar-refractivity contribution in [2.45, 2.75) is 18.9 Å². The second kappa shape index (κ2) is 7.47. The first-order valence-corrected chi connectivity index (χ1v) is 8.16. The van der Waals surface area contributed by atoms with Crippen LogP contribution in [0.15, 0.2) is 33.5 Å². The van der Waals surface area contributed by atoms with Crippen molar-refractivity contribution < 1.29 is 4.79 Å². The quantitative estimate of drug-likeness (QED) is 0.814. The lowest BCUT2D eigenvalue weighted by atomic mass is 10.0. The summed E-state index contributed by atoms with van der Waals surface area (Å²) in [7, 11) is 1.82. The third kappa shape index (κ3) is 3.76. The van der Waals surface area contributed by atoms with Gasteiger partial charge in [-0.15, -0.1) is 12.4 Å². The Morgan fingerprint density at radius 2 is 1.96 bits per heavy atom. The van der Waals surface area contributed by atoms with Gasteiger partial charge < -0.3 is 15.2 Å². The first kappa shape index (κ1) is 18.0. The largest absolute Gasteiger partial charge is 0.339 e. The zero-order chi connectivity index (χ0) is 15.7. The molecule has 2 aromatic rings. The van der Waals surface area contributed by atoms with Crippen LogP contribution in [0.25, 0.3) is 10.9 Å². The molecule has 1 aliphatic rings. The number of aromatic nitrogens is 1. The number of halogens is 2. The first-order valence-electron chi connectivity index (χ1n) is 7.37. The fourth-order valence-electron chi connectivity index (χ4n) is 2.95. The number of carbonyl (C=O) groups excluding carboxylic acids is 1. The molecule has 1 aromatic heterocycles. The monoisotopic (exact) mass is 399 g/mol. The molecule has 0 radical (unpaired) electrons. The van der Waals surface area contributed by atoms with Gasteiger partial charge in [0.15, 0.2) is 0 Å². The number of pyridine rings is 1. The van der Waals surface area contributed by atoms with Gasteiger partial charge in [-0.2, -0.15) is 0 Å². The summed E-state index contributed by atoms with van der Waals surface area (Å²) in [6, 6.07) is 7.14. The predicted molar refractivity (Wildman–Crippen MR) is 97.5 cm³/mol. The number of hydrogen-bond acceptors (Lipinski definition) is 3. The van der Waals surface area contributed by atoms with E-state index in [4.69, 9.17) is 0 Å². The zero-order valence-electron chi connectivity index (χ0n) is 12.8. The summed E-state index contributed by atoms with van der Waals surface area (Å²) in [5, 5.41) is 4.06. The van der Waals surface area contributed by atoms with E-state index < -0.39 is 0 Å². The molecule has 1 saturated heterocycles. The minimum Gasteiger partial charge on any atom is -0.339 e. The SMILES string of the molecule is CN(C(=O)c1cc(=O)[nH]c2ccc(Br)cc12)C1CCNCC1.Cl. The van der Waals surface area contributed by atoms with Gasteiger partial charge in [0, 0.05) is 34.5 Å². The van der Waals surface area contributed by atoms with Gasteiger partial charge in [0.05, 0.1) is 5.56 Å². The molecule has 0 unspecified atom stereocenters. The molecule has 0 aliphatic carbocycles. The maximum atomic E-state index is 12.9. The summed E-state index contributed by atoms with van der Waals surface area (Å²) in [5.41, 5.74) is 0.885. The van der Waals surface area contributed by atoms with Crippen molar-refractivity contribution in [1.29, 1.82) is 0 Å². The van der Waals surface area contributed by atoms with Crippen molar-refractivity contribution in [3.63, 3.8) is 0 Å². The Morgan fingerprint density at radius 1 is 1.26 bits per heavy atom. The second-order valence-electron chi connectivity index (χ2n) is 5.63. The second-order valence-corrected chi connectivity index (χ2v) is 6.55. The molecule has 124 valence electrons. The highest BCUT2D eigenvalue weighted by atomic mass is 79.9. The molecule has 5 nitrogen and oxygen atoms in total. The van der Waals surface area contributed by atoms with Crippen LogP contribution in [0.2, 0.25) is 0 Å². The van der Waals surface area contributed by atoms with E-state index in [1.807, 2.05) is 25.2 Å². The van der Waals surface area contributed by atoms with Crippen LogP contribution in [0.5, 0.6) is 0 Å².